The smallest absolute Gasteiger partial charge is 0.206 e. The molecule has 0 heterocycles. The summed E-state index contributed by atoms with van der Waals surface area (Å²) < 4.78 is 80.2. The lowest BCUT2D eigenvalue weighted by atomic mass is 10.0. The molecule has 160 valence electrons. The fourth-order valence-corrected chi connectivity index (χ4v) is 3.11. The Bertz CT molecular complexity index is 1110. The molecule has 0 saturated heterocycles. The summed E-state index contributed by atoms with van der Waals surface area (Å²) in [6.07, 6.45) is -1.99. The van der Waals surface area contributed by atoms with Gasteiger partial charge in [-0.25, -0.2) is 13.2 Å². The first-order chi connectivity index (χ1) is 14.7. The molecule has 3 rings (SSSR count). The van der Waals surface area contributed by atoms with Crippen LogP contribution in [0.3, 0.4) is 0 Å². The van der Waals surface area contributed by atoms with Crippen molar-refractivity contribution in [2.24, 2.45) is 0 Å². The molecule has 0 spiro atoms. The SMILES string of the molecule is CCCCc1ccc(C#Cc2ccc(-c3cc(F)c(C(F)(F)F)c(F)c3)c(F)c2)cc1. The molecule has 0 nitrogen and oxygen atoms in total. The van der Waals surface area contributed by atoms with Crippen LogP contribution in [-0.2, 0) is 12.6 Å². The van der Waals surface area contributed by atoms with E-state index in [1.54, 1.807) is 0 Å². The average molecular weight is 432 g/mol. The zero-order valence-corrected chi connectivity index (χ0v) is 16.6. The van der Waals surface area contributed by atoms with Crippen LogP contribution < -0.4 is 0 Å². The fourth-order valence-electron chi connectivity index (χ4n) is 3.11. The Kier molecular flexibility index (Phi) is 6.74. The van der Waals surface area contributed by atoms with Gasteiger partial charge in [-0.3, -0.25) is 0 Å². The second-order valence-electron chi connectivity index (χ2n) is 7.06. The molecule has 0 unspecified atom stereocenters. The van der Waals surface area contributed by atoms with Crippen molar-refractivity contribution in [3.8, 4) is 23.0 Å². The lowest BCUT2D eigenvalue weighted by molar-refractivity contribution is -0.142. The minimum absolute atomic E-state index is 0.225. The lowest BCUT2D eigenvalue weighted by Gasteiger charge is -2.11. The number of rotatable bonds is 4. The summed E-state index contributed by atoms with van der Waals surface area (Å²) in [5.41, 5.74) is -0.278. The molecule has 0 N–H and O–H groups in total. The van der Waals surface area contributed by atoms with Gasteiger partial charge in [0.25, 0.3) is 0 Å². The first-order valence-electron chi connectivity index (χ1n) is 9.66. The van der Waals surface area contributed by atoms with Crippen LogP contribution in [0, 0.1) is 29.3 Å². The Balaban J connectivity index is 1.84. The van der Waals surface area contributed by atoms with E-state index < -0.39 is 29.2 Å². The summed E-state index contributed by atoms with van der Waals surface area (Å²) in [5, 5.41) is 0. The van der Waals surface area contributed by atoms with Crippen molar-refractivity contribution in [3.63, 3.8) is 0 Å². The fraction of sp³-hybridized carbons (Fsp3) is 0.200. The van der Waals surface area contributed by atoms with E-state index in [0.717, 1.165) is 30.9 Å². The van der Waals surface area contributed by atoms with Crippen LogP contribution >= 0.6 is 0 Å². The van der Waals surface area contributed by atoms with Crippen molar-refractivity contribution < 1.29 is 26.3 Å². The van der Waals surface area contributed by atoms with Gasteiger partial charge in [-0.1, -0.05) is 43.4 Å². The Labute approximate surface area is 176 Å². The van der Waals surface area contributed by atoms with E-state index in [4.69, 9.17) is 0 Å². The number of hydrogen-bond donors (Lipinski definition) is 0. The van der Waals surface area contributed by atoms with E-state index in [2.05, 4.69) is 18.8 Å². The number of aryl methyl sites for hydroxylation is 1. The summed E-state index contributed by atoms with van der Waals surface area (Å²) in [6, 6.07) is 12.4. The maximum absolute atomic E-state index is 14.5. The average Bonchev–Trinajstić information content (AvgIpc) is 2.70. The quantitative estimate of drug-likeness (QED) is 0.295. The Morgan fingerprint density at radius 3 is 1.87 bits per heavy atom. The van der Waals surface area contributed by atoms with Crippen LogP contribution in [-0.4, -0.2) is 0 Å². The van der Waals surface area contributed by atoms with E-state index in [9.17, 15) is 26.3 Å². The van der Waals surface area contributed by atoms with Gasteiger partial charge in [-0.05, 0) is 60.4 Å². The summed E-state index contributed by atoms with van der Waals surface area (Å²) >= 11 is 0. The highest BCUT2D eigenvalue weighted by Crippen LogP contribution is 2.36. The van der Waals surface area contributed by atoms with Crippen molar-refractivity contribution in [3.05, 3.63) is 94.3 Å². The molecule has 0 aliphatic rings. The molecule has 0 bridgehead atoms. The predicted octanol–water partition coefficient (Wildman–Crippen LogP) is 7.53. The zero-order valence-electron chi connectivity index (χ0n) is 16.6. The monoisotopic (exact) mass is 432 g/mol. The van der Waals surface area contributed by atoms with Gasteiger partial charge in [0.15, 0.2) is 0 Å². The summed E-state index contributed by atoms with van der Waals surface area (Å²) in [5.74, 6) is 1.28. The summed E-state index contributed by atoms with van der Waals surface area (Å²) in [4.78, 5) is 0. The third-order valence-corrected chi connectivity index (χ3v) is 4.73. The third-order valence-electron chi connectivity index (χ3n) is 4.73. The standard InChI is InChI=1S/C25H18F6/c1-2-3-4-16-5-7-17(8-6-16)9-10-18-11-12-20(21(26)13-18)19-14-22(27)24(23(28)15-19)25(29,30)31/h5-8,11-15H,2-4H2,1H3. The number of benzene rings is 3. The predicted molar refractivity (Wildman–Crippen MR) is 108 cm³/mol. The van der Waals surface area contributed by atoms with Crippen LogP contribution in [0.5, 0.6) is 0 Å². The van der Waals surface area contributed by atoms with Gasteiger partial charge >= 0.3 is 6.18 Å². The Morgan fingerprint density at radius 1 is 0.742 bits per heavy atom. The van der Waals surface area contributed by atoms with Crippen molar-refractivity contribution in [1.29, 1.82) is 0 Å². The van der Waals surface area contributed by atoms with Crippen LogP contribution in [0.25, 0.3) is 11.1 Å². The molecule has 0 aliphatic carbocycles. The summed E-state index contributed by atoms with van der Waals surface area (Å²) in [6.45, 7) is 2.12. The second-order valence-corrected chi connectivity index (χ2v) is 7.06. The second kappa shape index (κ2) is 9.30. The third kappa shape index (κ3) is 5.49. The zero-order chi connectivity index (χ0) is 22.6. The molecule has 0 aromatic heterocycles. The first kappa shape index (κ1) is 22.5. The van der Waals surface area contributed by atoms with Gasteiger partial charge in [0.1, 0.15) is 23.0 Å². The molecule has 6 heteroatoms. The largest absolute Gasteiger partial charge is 0.422 e. The van der Waals surface area contributed by atoms with E-state index in [1.807, 2.05) is 24.3 Å². The van der Waals surface area contributed by atoms with Gasteiger partial charge in [-0.2, -0.15) is 13.2 Å². The first-order valence-corrected chi connectivity index (χ1v) is 9.66. The molecule has 0 fully saturated rings. The lowest BCUT2D eigenvalue weighted by Crippen LogP contribution is -2.11. The van der Waals surface area contributed by atoms with Crippen molar-refractivity contribution in [2.45, 2.75) is 32.4 Å². The van der Waals surface area contributed by atoms with E-state index in [0.29, 0.717) is 17.7 Å². The highest BCUT2D eigenvalue weighted by molar-refractivity contribution is 5.66. The van der Waals surface area contributed by atoms with E-state index >= 15 is 0 Å². The van der Waals surface area contributed by atoms with Crippen molar-refractivity contribution >= 4 is 0 Å². The summed E-state index contributed by atoms with van der Waals surface area (Å²) in [7, 11) is 0. The maximum Gasteiger partial charge on any atom is 0.422 e. The number of hydrogen-bond acceptors (Lipinski definition) is 0. The molecule has 3 aromatic carbocycles. The van der Waals surface area contributed by atoms with Gasteiger partial charge < -0.3 is 0 Å². The molecule has 3 aromatic rings. The molecule has 0 radical (unpaired) electrons. The van der Waals surface area contributed by atoms with Crippen LogP contribution in [0.1, 0.15) is 42.0 Å². The Hall–Kier alpha value is -3.20. The van der Waals surface area contributed by atoms with E-state index in [1.165, 1.54) is 17.7 Å². The highest BCUT2D eigenvalue weighted by atomic mass is 19.4. The number of halogens is 6. The number of unbranched alkanes of at least 4 members (excludes halogenated alkanes) is 1. The molecule has 0 amide bonds. The normalized spacial score (nSPS) is 11.2. The van der Waals surface area contributed by atoms with Gasteiger partial charge in [0.05, 0.1) is 0 Å². The van der Waals surface area contributed by atoms with Crippen LogP contribution in [0.2, 0.25) is 0 Å². The molecule has 0 saturated carbocycles. The van der Waals surface area contributed by atoms with Gasteiger partial charge in [0, 0.05) is 16.7 Å². The van der Waals surface area contributed by atoms with Crippen LogP contribution in [0.15, 0.2) is 54.6 Å². The number of alkyl halides is 3. The maximum atomic E-state index is 14.5. The van der Waals surface area contributed by atoms with Crippen LogP contribution in [0.4, 0.5) is 26.3 Å². The topological polar surface area (TPSA) is 0 Å². The van der Waals surface area contributed by atoms with Crippen molar-refractivity contribution in [2.75, 3.05) is 0 Å². The van der Waals surface area contributed by atoms with Gasteiger partial charge in [-0.15, -0.1) is 0 Å². The molecule has 0 aliphatic heterocycles. The Morgan fingerprint density at radius 2 is 1.32 bits per heavy atom. The molecule has 0 atom stereocenters. The highest BCUT2D eigenvalue weighted by Gasteiger charge is 2.38. The minimum atomic E-state index is -5.18. The van der Waals surface area contributed by atoms with E-state index in [-0.39, 0.29) is 11.1 Å². The van der Waals surface area contributed by atoms with Crippen molar-refractivity contribution in [1.82, 2.24) is 0 Å². The van der Waals surface area contributed by atoms with Gasteiger partial charge in [0.2, 0.25) is 0 Å². The minimum Gasteiger partial charge on any atom is -0.206 e. The molecular formula is C25H18F6. The molecule has 31 heavy (non-hydrogen) atoms. The molecular weight excluding hydrogens is 414 g/mol.